The summed E-state index contributed by atoms with van der Waals surface area (Å²) in [5, 5.41) is 0. The zero-order valence-corrected chi connectivity index (χ0v) is 11.0. The molecule has 0 spiro atoms. The molecule has 18 heavy (non-hydrogen) atoms. The van der Waals surface area contributed by atoms with Gasteiger partial charge in [0.2, 0.25) is 5.91 Å². The topological polar surface area (TPSA) is 72.6 Å². The van der Waals surface area contributed by atoms with Crippen molar-refractivity contribution in [1.29, 1.82) is 0 Å². The molecule has 1 saturated carbocycles. The van der Waals surface area contributed by atoms with Crippen LogP contribution in [-0.2, 0) is 14.3 Å². The summed E-state index contributed by atoms with van der Waals surface area (Å²) >= 11 is 0. The van der Waals surface area contributed by atoms with Crippen molar-refractivity contribution in [3.63, 3.8) is 0 Å². The number of piperidine rings is 1. The average molecular weight is 254 g/mol. The summed E-state index contributed by atoms with van der Waals surface area (Å²) in [7, 11) is 1.37. The van der Waals surface area contributed by atoms with E-state index in [-0.39, 0.29) is 11.9 Å². The normalized spacial score (nSPS) is 27.0. The number of methoxy groups -OCH3 is 1. The van der Waals surface area contributed by atoms with Gasteiger partial charge < -0.3 is 15.4 Å². The summed E-state index contributed by atoms with van der Waals surface area (Å²) in [4.78, 5) is 25.9. The second-order valence-corrected chi connectivity index (χ2v) is 5.40. The molecule has 0 aromatic heterocycles. The van der Waals surface area contributed by atoms with Gasteiger partial charge in [-0.2, -0.15) is 0 Å². The minimum absolute atomic E-state index is 0.0601. The Labute approximate surface area is 108 Å². The summed E-state index contributed by atoms with van der Waals surface area (Å²) in [6.45, 7) is 0.623. The van der Waals surface area contributed by atoms with Crippen LogP contribution < -0.4 is 5.73 Å². The molecule has 1 aliphatic heterocycles. The van der Waals surface area contributed by atoms with Gasteiger partial charge in [-0.1, -0.05) is 12.8 Å². The van der Waals surface area contributed by atoms with E-state index in [9.17, 15) is 9.59 Å². The lowest BCUT2D eigenvalue weighted by molar-refractivity contribution is -0.156. The van der Waals surface area contributed by atoms with E-state index in [4.69, 9.17) is 10.5 Å². The van der Waals surface area contributed by atoms with Crippen molar-refractivity contribution < 1.29 is 14.3 Å². The van der Waals surface area contributed by atoms with Crippen LogP contribution in [0.5, 0.6) is 0 Å². The Balaban J connectivity index is 2.13. The molecule has 1 aliphatic carbocycles. The number of rotatable bonds is 2. The lowest BCUT2D eigenvalue weighted by atomic mass is 9.93. The average Bonchev–Trinajstić information content (AvgIpc) is 2.85. The molecular formula is C13H22N2O3. The Hall–Kier alpha value is -1.10. The highest BCUT2D eigenvalue weighted by Crippen LogP contribution is 2.31. The number of nitrogens with two attached hydrogens (primary N) is 1. The van der Waals surface area contributed by atoms with Gasteiger partial charge in [-0.3, -0.25) is 4.79 Å². The minimum atomic E-state index is -0.746. The molecular weight excluding hydrogens is 232 g/mol. The zero-order chi connectivity index (χ0) is 13.2. The first kappa shape index (κ1) is 13.3. The van der Waals surface area contributed by atoms with E-state index in [2.05, 4.69) is 0 Å². The molecule has 0 bridgehead atoms. The van der Waals surface area contributed by atoms with Gasteiger partial charge in [-0.15, -0.1) is 0 Å². The number of esters is 1. The van der Waals surface area contributed by atoms with Gasteiger partial charge in [0.1, 0.15) is 6.04 Å². The van der Waals surface area contributed by atoms with Crippen LogP contribution in [0.1, 0.15) is 44.9 Å². The number of hydrogen-bond donors (Lipinski definition) is 1. The molecule has 1 saturated heterocycles. The zero-order valence-electron chi connectivity index (χ0n) is 11.0. The van der Waals surface area contributed by atoms with E-state index in [0.717, 1.165) is 38.5 Å². The molecule has 1 amide bonds. The number of likely N-dealkylation sites (tertiary alicyclic amines) is 1. The number of hydrogen-bond acceptors (Lipinski definition) is 4. The van der Waals surface area contributed by atoms with E-state index >= 15 is 0 Å². The third-order valence-electron chi connectivity index (χ3n) is 4.16. The fraction of sp³-hybridized carbons (Fsp3) is 0.846. The molecule has 1 heterocycles. The smallest absolute Gasteiger partial charge is 0.328 e. The largest absolute Gasteiger partial charge is 0.467 e. The first-order valence-corrected chi connectivity index (χ1v) is 6.76. The highest BCUT2D eigenvalue weighted by Gasteiger charge is 2.44. The van der Waals surface area contributed by atoms with Gasteiger partial charge in [-0.05, 0) is 32.1 Å². The van der Waals surface area contributed by atoms with E-state index in [1.807, 2.05) is 0 Å². The van der Waals surface area contributed by atoms with E-state index in [1.54, 1.807) is 4.90 Å². The number of ether oxygens (including phenoxy) is 1. The summed E-state index contributed by atoms with van der Waals surface area (Å²) in [5.41, 5.74) is 5.45. The predicted octanol–water partition coefficient (Wildman–Crippen LogP) is 0.812. The van der Waals surface area contributed by atoms with Crippen LogP contribution in [0, 0.1) is 0 Å². The minimum Gasteiger partial charge on any atom is -0.467 e. The lowest BCUT2D eigenvalue weighted by Crippen LogP contribution is -2.59. The molecule has 1 atom stereocenters. The number of carbonyl (C=O) groups is 2. The maximum Gasteiger partial charge on any atom is 0.328 e. The third kappa shape index (κ3) is 2.36. The predicted molar refractivity (Wildman–Crippen MR) is 66.8 cm³/mol. The van der Waals surface area contributed by atoms with Gasteiger partial charge in [0, 0.05) is 6.54 Å². The van der Waals surface area contributed by atoms with Crippen LogP contribution in [0.4, 0.5) is 0 Å². The first-order valence-electron chi connectivity index (χ1n) is 6.76. The van der Waals surface area contributed by atoms with Crippen molar-refractivity contribution in [2.75, 3.05) is 13.7 Å². The quantitative estimate of drug-likeness (QED) is 0.740. The van der Waals surface area contributed by atoms with E-state index in [0.29, 0.717) is 13.0 Å². The number of nitrogens with zero attached hydrogens (tertiary/aromatic N) is 1. The molecule has 2 fully saturated rings. The van der Waals surface area contributed by atoms with Crippen LogP contribution in [0.25, 0.3) is 0 Å². The van der Waals surface area contributed by atoms with Crippen molar-refractivity contribution in [3.8, 4) is 0 Å². The summed E-state index contributed by atoms with van der Waals surface area (Å²) in [5.74, 6) is -0.375. The number of amides is 1. The van der Waals surface area contributed by atoms with Gasteiger partial charge >= 0.3 is 5.97 Å². The fourth-order valence-corrected chi connectivity index (χ4v) is 3.06. The molecule has 0 radical (unpaired) electrons. The van der Waals surface area contributed by atoms with E-state index in [1.165, 1.54) is 7.11 Å². The highest BCUT2D eigenvalue weighted by atomic mass is 16.5. The molecule has 1 unspecified atom stereocenters. The second-order valence-electron chi connectivity index (χ2n) is 5.40. The standard InChI is InChI=1S/C13H22N2O3/c1-18-11(16)10-6-2-5-9-15(10)12(17)13(14)7-3-4-8-13/h10H,2-9,14H2,1H3. The molecule has 2 N–H and O–H groups in total. The second kappa shape index (κ2) is 5.26. The van der Waals surface area contributed by atoms with E-state index < -0.39 is 11.6 Å². The van der Waals surface area contributed by atoms with Crippen LogP contribution in [0.3, 0.4) is 0 Å². The Morgan fingerprint density at radius 2 is 1.89 bits per heavy atom. The Morgan fingerprint density at radius 1 is 1.22 bits per heavy atom. The molecule has 0 aromatic carbocycles. The lowest BCUT2D eigenvalue weighted by Gasteiger charge is -2.38. The third-order valence-corrected chi connectivity index (χ3v) is 4.16. The summed E-state index contributed by atoms with van der Waals surface area (Å²) < 4.78 is 4.79. The Bertz CT molecular complexity index is 337. The van der Waals surface area contributed by atoms with Crippen LogP contribution >= 0.6 is 0 Å². The SMILES string of the molecule is COC(=O)C1CCCCN1C(=O)C1(N)CCCC1. The van der Waals surface area contributed by atoms with Crippen molar-refractivity contribution in [3.05, 3.63) is 0 Å². The molecule has 2 rings (SSSR count). The highest BCUT2D eigenvalue weighted by molar-refractivity contribution is 5.90. The van der Waals surface area contributed by atoms with Crippen LogP contribution in [0.2, 0.25) is 0 Å². The summed E-state index contributed by atoms with van der Waals surface area (Å²) in [6, 6.07) is -0.433. The Morgan fingerprint density at radius 3 is 2.50 bits per heavy atom. The molecule has 102 valence electrons. The Kier molecular flexibility index (Phi) is 3.90. The monoisotopic (exact) mass is 254 g/mol. The number of carbonyl (C=O) groups excluding carboxylic acids is 2. The van der Waals surface area contributed by atoms with Crippen LogP contribution in [-0.4, -0.2) is 42.0 Å². The van der Waals surface area contributed by atoms with Gasteiger partial charge in [0.15, 0.2) is 0 Å². The maximum atomic E-state index is 12.5. The maximum absolute atomic E-state index is 12.5. The van der Waals surface area contributed by atoms with Crippen molar-refractivity contribution in [1.82, 2.24) is 4.90 Å². The van der Waals surface area contributed by atoms with Crippen LogP contribution in [0.15, 0.2) is 0 Å². The van der Waals surface area contributed by atoms with Gasteiger partial charge in [0.25, 0.3) is 0 Å². The molecule has 2 aliphatic rings. The molecule has 0 aromatic rings. The van der Waals surface area contributed by atoms with Crippen molar-refractivity contribution >= 4 is 11.9 Å². The summed E-state index contributed by atoms with van der Waals surface area (Å²) in [6.07, 6.45) is 6.05. The molecule has 5 nitrogen and oxygen atoms in total. The van der Waals surface area contributed by atoms with Crippen molar-refractivity contribution in [2.24, 2.45) is 5.73 Å². The van der Waals surface area contributed by atoms with Crippen molar-refractivity contribution in [2.45, 2.75) is 56.5 Å². The molecule has 5 heteroatoms. The fourth-order valence-electron chi connectivity index (χ4n) is 3.06. The van der Waals surface area contributed by atoms with Gasteiger partial charge in [0.05, 0.1) is 12.6 Å². The first-order chi connectivity index (χ1) is 8.58. The van der Waals surface area contributed by atoms with Gasteiger partial charge in [-0.25, -0.2) is 4.79 Å².